The Labute approximate surface area is 95.4 Å². The van der Waals surface area contributed by atoms with Gasteiger partial charge in [0, 0.05) is 13.1 Å². The highest BCUT2D eigenvalue weighted by Crippen LogP contribution is 2.37. The summed E-state index contributed by atoms with van der Waals surface area (Å²) < 4.78 is 16.7. The maximum absolute atomic E-state index is 9.99. The second-order valence-electron chi connectivity index (χ2n) is 4.58. The van der Waals surface area contributed by atoms with E-state index < -0.39 is 18.2 Å². The summed E-state index contributed by atoms with van der Waals surface area (Å²) in [6, 6.07) is 0. The van der Waals surface area contributed by atoms with Crippen LogP contribution >= 0.6 is 0 Å². The Hall–Kier alpha value is -0.460. The summed E-state index contributed by atoms with van der Waals surface area (Å²) in [5, 5.41) is 13.1. The molecule has 0 bridgehead atoms. The van der Waals surface area contributed by atoms with E-state index in [0.29, 0.717) is 13.1 Å². The van der Waals surface area contributed by atoms with Crippen LogP contribution in [0, 0.1) is 0 Å². The number of nitrogens with one attached hydrogen (secondary N) is 1. The lowest BCUT2D eigenvalue weighted by atomic mass is 10.1. The summed E-state index contributed by atoms with van der Waals surface area (Å²) in [6.45, 7) is 8.48. The molecule has 4 atom stereocenters. The number of aliphatic hydroxyl groups excluding tert-OH is 1. The summed E-state index contributed by atoms with van der Waals surface area (Å²) in [7, 11) is 0. The molecule has 2 saturated heterocycles. The third-order valence-electron chi connectivity index (χ3n) is 2.75. The topological polar surface area (TPSA) is 60.0 Å². The van der Waals surface area contributed by atoms with Gasteiger partial charge in [0.05, 0.1) is 0 Å². The van der Waals surface area contributed by atoms with E-state index in [-0.39, 0.29) is 12.2 Å². The molecule has 2 rings (SSSR count). The maximum atomic E-state index is 9.99. The second-order valence-corrected chi connectivity index (χ2v) is 4.58. The third kappa shape index (κ3) is 2.28. The predicted molar refractivity (Wildman–Crippen MR) is 57.8 cm³/mol. The van der Waals surface area contributed by atoms with Crippen LogP contribution in [0.1, 0.15) is 13.8 Å². The van der Waals surface area contributed by atoms with E-state index in [1.54, 1.807) is 6.08 Å². The lowest BCUT2D eigenvalue weighted by Crippen LogP contribution is -2.39. The second kappa shape index (κ2) is 4.43. The van der Waals surface area contributed by atoms with Crippen LogP contribution in [-0.4, -0.2) is 48.6 Å². The summed E-state index contributed by atoms with van der Waals surface area (Å²) in [6.07, 6.45) is -0.0145. The molecule has 5 heteroatoms. The van der Waals surface area contributed by atoms with Gasteiger partial charge in [-0.1, -0.05) is 6.08 Å². The molecular weight excluding hydrogens is 210 g/mol. The van der Waals surface area contributed by atoms with E-state index in [0.717, 1.165) is 0 Å². The van der Waals surface area contributed by atoms with Crippen LogP contribution in [0.15, 0.2) is 12.7 Å². The van der Waals surface area contributed by atoms with Crippen molar-refractivity contribution in [2.24, 2.45) is 0 Å². The number of rotatable bonds is 4. The predicted octanol–water partition coefficient (Wildman–Crippen LogP) is -0.000700. The van der Waals surface area contributed by atoms with Gasteiger partial charge in [-0.05, 0) is 13.8 Å². The molecule has 0 aromatic heterocycles. The minimum Gasteiger partial charge on any atom is -0.387 e. The lowest BCUT2D eigenvalue weighted by molar-refractivity contribution is -0.214. The standard InChI is InChI=1S/C11H19NO4/c1-4-5-12-6-7-8(13)9-10(14-7)16-11(2,3)15-9/h4,7-10,12-13H,1,5-6H2,2-3H3. The molecule has 2 aliphatic rings. The first-order valence-electron chi connectivity index (χ1n) is 5.54. The van der Waals surface area contributed by atoms with E-state index >= 15 is 0 Å². The quantitative estimate of drug-likeness (QED) is 0.525. The number of aliphatic hydroxyl groups is 1. The van der Waals surface area contributed by atoms with E-state index in [9.17, 15) is 5.11 Å². The van der Waals surface area contributed by atoms with Crippen molar-refractivity contribution in [1.82, 2.24) is 5.32 Å². The van der Waals surface area contributed by atoms with Crippen LogP contribution in [-0.2, 0) is 14.2 Å². The third-order valence-corrected chi connectivity index (χ3v) is 2.75. The monoisotopic (exact) mass is 229 g/mol. The van der Waals surface area contributed by atoms with Crippen molar-refractivity contribution in [3.63, 3.8) is 0 Å². The first-order valence-corrected chi connectivity index (χ1v) is 5.54. The zero-order chi connectivity index (χ0) is 11.8. The van der Waals surface area contributed by atoms with Crippen molar-refractivity contribution < 1.29 is 19.3 Å². The maximum Gasteiger partial charge on any atom is 0.190 e. The highest BCUT2D eigenvalue weighted by molar-refractivity contribution is 4.93. The Balaban J connectivity index is 1.87. The van der Waals surface area contributed by atoms with Crippen LogP contribution in [0.25, 0.3) is 0 Å². The summed E-state index contributed by atoms with van der Waals surface area (Å²) >= 11 is 0. The molecule has 2 aliphatic heterocycles. The summed E-state index contributed by atoms with van der Waals surface area (Å²) in [4.78, 5) is 0. The van der Waals surface area contributed by atoms with Gasteiger partial charge in [0.2, 0.25) is 0 Å². The lowest BCUT2D eigenvalue weighted by Gasteiger charge is -2.23. The zero-order valence-electron chi connectivity index (χ0n) is 9.68. The average Bonchev–Trinajstić information content (AvgIpc) is 2.63. The first kappa shape index (κ1) is 12.0. The molecule has 0 spiro atoms. The Bertz CT molecular complexity index is 269. The molecule has 0 saturated carbocycles. The van der Waals surface area contributed by atoms with Crippen molar-refractivity contribution >= 4 is 0 Å². The van der Waals surface area contributed by atoms with Gasteiger partial charge in [-0.25, -0.2) is 0 Å². The highest BCUT2D eigenvalue weighted by atomic mass is 16.8. The molecule has 0 amide bonds. The van der Waals surface area contributed by atoms with Crippen molar-refractivity contribution in [1.29, 1.82) is 0 Å². The Morgan fingerprint density at radius 3 is 2.81 bits per heavy atom. The molecule has 2 fully saturated rings. The van der Waals surface area contributed by atoms with E-state index in [4.69, 9.17) is 14.2 Å². The molecule has 5 nitrogen and oxygen atoms in total. The number of hydrogen-bond donors (Lipinski definition) is 2. The fourth-order valence-corrected chi connectivity index (χ4v) is 2.05. The average molecular weight is 229 g/mol. The van der Waals surface area contributed by atoms with Gasteiger partial charge < -0.3 is 24.6 Å². The van der Waals surface area contributed by atoms with Crippen molar-refractivity contribution in [2.45, 2.75) is 44.2 Å². The van der Waals surface area contributed by atoms with Crippen LogP contribution in [0.2, 0.25) is 0 Å². The normalized spacial score (nSPS) is 40.9. The van der Waals surface area contributed by atoms with Gasteiger partial charge in [-0.15, -0.1) is 6.58 Å². The number of ether oxygens (including phenoxy) is 3. The minimum atomic E-state index is -0.671. The first-order chi connectivity index (χ1) is 7.53. The fraction of sp³-hybridized carbons (Fsp3) is 0.818. The molecule has 2 heterocycles. The molecule has 92 valence electrons. The molecule has 0 aromatic carbocycles. The zero-order valence-corrected chi connectivity index (χ0v) is 9.68. The highest BCUT2D eigenvalue weighted by Gasteiger charge is 2.53. The van der Waals surface area contributed by atoms with Gasteiger partial charge in [-0.3, -0.25) is 0 Å². The molecule has 4 unspecified atom stereocenters. The van der Waals surface area contributed by atoms with Crippen LogP contribution in [0.4, 0.5) is 0 Å². The van der Waals surface area contributed by atoms with Crippen molar-refractivity contribution in [3.8, 4) is 0 Å². The van der Waals surface area contributed by atoms with Gasteiger partial charge in [0.15, 0.2) is 12.1 Å². The van der Waals surface area contributed by atoms with Gasteiger partial charge in [-0.2, -0.15) is 0 Å². The summed E-state index contributed by atoms with van der Waals surface area (Å²) in [5.41, 5.74) is 0. The molecular formula is C11H19NO4. The Morgan fingerprint density at radius 2 is 2.19 bits per heavy atom. The summed E-state index contributed by atoms with van der Waals surface area (Å²) in [5.74, 6) is -0.671. The van der Waals surface area contributed by atoms with Gasteiger partial charge in [0.1, 0.15) is 18.3 Å². The van der Waals surface area contributed by atoms with E-state index in [1.807, 2.05) is 13.8 Å². The molecule has 0 aromatic rings. The van der Waals surface area contributed by atoms with E-state index in [1.165, 1.54) is 0 Å². The van der Waals surface area contributed by atoms with Crippen molar-refractivity contribution in [3.05, 3.63) is 12.7 Å². The Morgan fingerprint density at radius 1 is 1.44 bits per heavy atom. The van der Waals surface area contributed by atoms with Crippen LogP contribution in [0.5, 0.6) is 0 Å². The molecule has 2 N–H and O–H groups in total. The minimum absolute atomic E-state index is 0.286. The van der Waals surface area contributed by atoms with Crippen molar-refractivity contribution in [2.75, 3.05) is 13.1 Å². The SMILES string of the molecule is C=CCNCC1OC2OC(C)(C)OC2C1O. The van der Waals surface area contributed by atoms with Crippen LogP contribution < -0.4 is 5.32 Å². The van der Waals surface area contributed by atoms with Gasteiger partial charge >= 0.3 is 0 Å². The van der Waals surface area contributed by atoms with Crippen LogP contribution in [0.3, 0.4) is 0 Å². The Kier molecular flexibility index (Phi) is 3.32. The fourth-order valence-electron chi connectivity index (χ4n) is 2.05. The largest absolute Gasteiger partial charge is 0.387 e. The number of hydrogen-bond acceptors (Lipinski definition) is 5. The molecule has 16 heavy (non-hydrogen) atoms. The van der Waals surface area contributed by atoms with E-state index in [2.05, 4.69) is 11.9 Å². The van der Waals surface area contributed by atoms with Gasteiger partial charge in [0.25, 0.3) is 0 Å². The molecule has 0 aliphatic carbocycles. The smallest absolute Gasteiger partial charge is 0.190 e. The molecule has 0 radical (unpaired) electrons. The number of fused-ring (bicyclic) bond motifs is 1.